The van der Waals surface area contributed by atoms with Crippen molar-refractivity contribution >= 4 is 22.9 Å². The average molecular weight is 276 g/mol. The molecule has 0 unspecified atom stereocenters. The first-order valence-corrected chi connectivity index (χ1v) is 6.92. The maximum Gasteiger partial charge on any atom is 0.256 e. The molecule has 5 heteroatoms. The largest absolute Gasteiger partial charge is 0.398 e. The Morgan fingerprint density at radius 3 is 3.05 bits per heavy atom. The summed E-state index contributed by atoms with van der Waals surface area (Å²) in [5, 5.41) is 2.04. The minimum Gasteiger partial charge on any atom is -0.398 e. The predicted molar refractivity (Wildman–Crippen MR) is 73.6 cm³/mol. The molecule has 0 aliphatic carbocycles. The molecule has 0 spiro atoms. The molecular weight excluding hydrogens is 263 g/mol. The summed E-state index contributed by atoms with van der Waals surface area (Å²) in [5.41, 5.74) is 7.51. The Balaban J connectivity index is 1.87. The van der Waals surface area contributed by atoms with E-state index in [1.807, 2.05) is 11.4 Å². The van der Waals surface area contributed by atoms with Crippen LogP contribution in [-0.4, -0.2) is 17.4 Å². The van der Waals surface area contributed by atoms with Gasteiger partial charge in [0.1, 0.15) is 5.82 Å². The minimum absolute atomic E-state index is 0.200. The number of hydrogen-bond acceptors (Lipinski definition) is 3. The number of hydrogen-bond donors (Lipinski definition) is 1. The van der Waals surface area contributed by atoms with Crippen molar-refractivity contribution in [2.45, 2.75) is 13.0 Å². The summed E-state index contributed by atoms with van der Waals surface area (Å²) in [6, 6.07) is 5.94. The summed E-state index contributed by atoms with van der Waals surface area (Å²) in [4.78, 5) is 15.4. The molecule has 2 N–H and O–H groups in total. The quantitative estimate of drug-likeness (QED) is 0.814. The first-order chi connectivity index (χ1) is 9.15. The lowest BCUT2D eigenvalue weighted by atomic mass is 10.1. The smallest absolute Gasteiger partial charge is 0.256 e. The van der Waals surface area contributed by atoms with Crippen LogP contribution in [0.1, 0.15) is 20.8 Å². The second-order valence-electron chi connectivity index (χ2n) is 4.58. The number of amides is 1. The molecule has 0 radical (unpaired) electrons. The molecule has 0 saturated heterocycles. The van der Waals surface area contributed by atoms with E-state index in [2.05, 4.69) is 0 Å². The van der Waals surface area contributed by atoms with Gasteiger partial charge in [-0.15, -0.1) is 11.3 Å². The second-order valence-corrected chi connectivity index (χ2v) is 5.58. The normalized spacial score (nSPS) is 14.3. The SMILES string of the molecule is Nc1ccc(F)cc1C(=O)N1CCc2sccc2C1. The van der Waals surface area contributed by atoms with Crippen LogP contribution in [-0.2, 0) is 13.0 Å². The number of carbonyl (C=O) groups excluding carboxylic acids is 1. The summed E-state index contributed by atoms with van der Waals surface area (Å²) >= 11 is 1.72. The fourth-order valence-corrected chi connectivity index (χ4v) is 3.20. The molecule has 2 heterocycles. The maximum absolute atomic E-state index is 13.2. The minimum atomic E-state index is -0.439. The van der Waals surface area contributed by atoms with Crippen LogP contribution >= 0.6 is 11.3 Å². The highest BCUT2D eigenvalue weighted by Gasteiger charge is 2.23. The number of nitrogens with zero attached hydrogens (tertiary/aromatic N) is 1. The summed E-state index contributed by atoms with van der Waals surface area (Å²) in [7, 11) is 0. The molecule has 2 aromatic rings. The molecule has 1 aliphatic heterocycles. The zero-order valence-corrected chi connectivity index (χ0v) is 11.0. The van der Waals surface area contributed by atoms with Crippen LogP contribution in [0.25, 0.3) is 0 Å². The van der Waals surface area contributed by atoms with Gasteiger partial charge in [-0.1, -0.05) is 0 Å². The second kappa shape index (κ2) is 4.66. The van der Waals surface area contributed by atoms with Gasteiger partial charge in [0.2, 0.25) is 0 Å². The van der Waals surface area contributed by atoms with Gasteiger partial charge in [-0.3, -0.25) is 4.79 Å². The first-order valence-electron chi connectivity index (χ1n) is 6.04. The molecule has 98 valence electrons. The number of halogens is 1. The Bertz CT molecular complexity index is 638. The Hall–Kier alpha value is -1.88. The van der Waals surface area contributed by atoms with Crippen molar-refractivity contribution in [1.29, 1.82) is 0 Å². The number of carbonyl (C=O) groups is 1. The van der Waals surface area contributed by atoms with Crippen LogP contribution in [0.4, 0.5) is 10.1 Å². The van der Waals surface area contributed by atoms with Crippen molar-refractivity contribution in [2.75, 3.05) is 12.3 Å². The summed E-state index contributed by atoms with van der Waals surface area (Å²) in [6.07, 6.45) is 0.855. The molecule has 0 fully saturated rings. The van der Waals surface area contributed by atoms with Gasteiger partial charge in [0.15, 0.2) is 0 Å². The zero-order chi connectivity index (χ0) is 13.4. The lowest BCUT2D eigenvalue weighted by Crippen LogP contribution is -2.35. The fraction of sp³-hybridized carbons (Fsp3) is 0.214. The van der Waals surface area contributed by atoms with Crippen LogP contribution in [0.5, 0.6) is 0 Å². The summed E-state index contributed by atoms with van der Waals surface area (Å²) in [6.45, 7) is 1.23. The van der Waals surface area contributed by atoms with E-state index < -0.39 is 5.82 Å². The van der Waals surface area contributed by atoms with Crippen LogP contribution in [0.15, 0.2) is 29.6 Å². The third kappa shape index (κ3) is 2.21. The van der Waals surface area contributed by atoms with Crippen molar-refractivity contribution < 1.29 is 9.18 Å². The number of nitrogen functional groups attached to an aromatic ring is 1. The predicted octanol–water partition coefficient (Wildman–Crippen LogP) is 2.67. The molecule has 3 nitrogen and oxygen atoms in total. The third-order valence-corrected chi connectivity index (χ3v) is 4.36. The maximum atomic E-state index is 13.2. The van der Waals surface area contributed by atoms with Gasteiger partial charge < -0.3 is 10.6 Å². The molecule has 1 aromatic carbocycles. The van der Waals surface area contributed by atoms with E-state index in [0.29, 0.717) is 18.8 Å². The van der Waals surface area contributed by atoms with Crippen LogP contribution in [0, 0.1) is 5.82 Å². The van der Waals surface area contributed by atoms with E-state index in [0.717, 1.165) is 6.42 Å². The fourth-order valence-electron chi connectivity index (χ4n) is 2.31. The Morgan fingerprint density at radius 1 is 1.37 bits per heavy atom. The van der Waals surface area contributed by atoms with E-state index in [-0.39, 0.29) is 11.5 Å². The number of nitrogens with two attached hydrogens (primary N) is 1. The van der Waals surface area contributed by atoms with E-state index in [4.69, 9.17) is 5.73 Å². The van der Waals surface area contributed by atoms with Crippen molar-refractivity contribution in [1.82, 2.24) is 4.90 Å². The first kappa shape index (κ1) is 12.2. The van der Waals surface area contributed by atoms with Gasteiger partial charge in [0.05, 0.1) is 5.56 Å². The zero-order valence-electron chi connectivity index (χ0n) is 10.2. The Labute approximate surface area is 114 Å². The highest BCUT2D eigenvalue weighted by molar-refractivity contribution is 7.10. The molecule has 0 saturated carbocycles. The van der Waals surface area contributed by atoms with E-state index in [1.165, 1.54) is 28.6 Å². The molecule has 1 aliphatic rings. The summed E-state index contributed by atoms with van der Waals surface area (Å²) < 4.78 is 13.2. The number of thiophene rings is 1. The number of benzene rings is 1. The molecule has 0 atom stereocenters. The molecule has 19 heavy (non-hydrogen) atoms. The van der Waals surface area contributed by atoms with Gasteiger partial charge in [-0.25, -0.2) is 4.39 Å². The van der Waals surface area contributed by atoms with E-state index in [9.17, 15) is 9.18 Å². The highest BCUT2D eigenvalue weighted by atomic mass is 32.1. The molecule has 3 rings (SSSR count). The van der Waals surface area contributed by atoms with Gasteiger partial charge in [-0.2, -0.15) is 0 Å². The molecular formula is C14H13FN2OS. The average Bonchev–Trinajstić information content (AvgIpc) is 2.88. The van der Waals surface area contributed by atoms with Gasteiger partial charge in [0, 0.05) is 23.7 Å². The third-order valence-electron chi connectivity index (χ3n) is 3.34. The highest BCUT2D eigenvalue weighted by Crippen LogP contribution is 2.26. The van der Waals surface area contributed by atoms with Crippen LogP contribution in [0.2, 0.25) is 0 Å². The van der Waals surface area contributed by atoms with E-state index in [1.54, 1.807) is 16.2 Å². The van der Waals surface area contributed by atoms with Crippen molar-refractivity contribution in [3.8, 4) is 0 Å². The Kier molecular flexibility index (Phi) is 2.98. The van der Waals surface area contributed by atoms with Gasteiger partial charge in [0.25, 0.3) is 5.91 Å². The van der Waals surface area contributed by atoms with Crippen LogP contribution < -0.4 is 5.73 Å². The standard InChI is InChI=1S/C14H13FN2OS/c15-10-1-2-12(16)11(7-10)14(18)17-5-3-13-9(8-17)4-6-19-13/h1-2,4,6-7H,3,5,8,16H2. The number of fused-ring (bicyclic) bond motifs is 1. The van der Waals surface area contributed by atoms with Crippen molar-refractivity contribution in [3.05, 3.63) is 51.5 Å². The molecule has 1 amide bonds. The number of rotatable bonds is 1. The Morgan fingerprint density at radius 2 is 2.21 bits per heavy atom. The lowest BCUT2D eigenvalue weighted by molar-refractivity contribution is 0.0736. The molecule has 1 aromatic heterocycles. The topological polar surface area (TPSA) is 46.3 Å². The van der Waals surface area contributed by atoms with Crippen molar-refractivity contribution in [3.63, 3.8) is 0 Å². The van der Waals surface area contributed by atoms with Gasteiger partial charge in [-0.05, 0) is 41.6 Å². The van der Waals surface area contributed by atoms with Crippen molar-refractivity contribution in [2.24, 2.45) is 0 Å². The monoisotopic (exact) mass is 276 g/mol. The molecule has 0 bridgehead atoms. The number of anilines is 1. The van der Waals surface area contributed by atoms with Crippen LogP contribution in [0.3, 0.4) is 0 Å². The lowest BCUT2D eigenvalue weighted by Gasteiger charge is -2.27. The van der Waals surface area contributed by atoms with Gasteiger partial charge >= 0.3 is 0 Å². The summed E-state index contributed by atoms with van der Waals surface area (Å²) in [5.74, 6) is -0.639. The van der Waals surface area contributed by atoms with E-state index >= 15 is 0 Å².